The van der Waals surface area contributed by atoms with Gasteiger partial charge in [-0.15, -0.1) is 0 Å². The number of phenols is 1. The summed E-state index contributed by atoms with van der Waals surface area (Å²) < 4.78 is 6.56. The molecule has 3 aromatic rings. The summed E-state index contributed by atoms with van der Waals surface area (Å²) in [6, 6.07) is 14.5. The van der Waals surface area contributed by atoms with Crippen molar-refractivity contribution >= 4 is 17.1 Å². The number of rotatable bonds is 2. The summed E-state index contributed by atoms with van der Waals surface area (Å²) in [4.78, 5) is 11.9. The van der Waals surface area contributed by atoms with Gasteiger partial charge in [0.25, 0.3) is 0 Å². The van der Waals surface area contributed by atoms with Crippen LogP contribution < -0.4 is 5.32 Å². The Kier molecular flexibility index (Phi) is 5.56. The molecule has 1 aromatic carbocycles. The lowest BCUT2D eigenvalue weighted by Crippen LogP contribution is -2.27. The molecule has 132 valence electrons. The van der Waals surface area contributed by atoms with Crippen molar-refractivity contribution in [1.29, 1.82) is 0 Å². The van der Waals surface area contributed by atoms with E-state index in [1.54, 1.807) is 18.2 Å². The first-order valence-corrected chi connectivity index (χ1v) is 8.69. The minimum Gasteiger partial charge on any atom is -0.506 e. The molecule has 2 N–H and O–H groups in total. The average molecular weight is 340 g/mol. The van der Waals surface area contributed by atoms with E-state index in [-0.39, 0.29) is 12.4 Å². The number of carbonyl (C=O) groups is 1. The molecule has 1 unspecified atom stereocenters. The predicted octanol–water partition coefficient (Wildman–Crippen LogP) is 3.98. The topological polar surface area (TPSA) is 63.5 Å². The molecule has 4 rings (SSSR count). The summed E-state index contributed by atoms with van der Waals surface area (Å²) in [5.41, 5.74) is 2.04. The molecular weight excluding hydrogens is 316 g/mol. The van der Waals surface area contributed by atoms with Gasteiger partial charge in [0.1, 0.15) is 12.4 Å². The van der Waals surface area contributed by atoms with Gasteiger partial charge in [-0.05, 0) is 49.5 Å². The van der Waals surface area contributed by atoms with Crippen LogP contribution in [0.2, 0.25) is 0 Å². The van der Waals surface area contributed by atoms with Crippen molar-refractivity contribution < 1.29 is 14.6 Å². The molecular formula is C20H24N2O3. The third-order valence-corrected chi connectivity index (χ3v) is 4.39. The molecule has 0 aliphatic carbocycles. The number of benzene rings is 2. The second-order valence-electron chi connectivity index (χ2n) is 6.50. The Morgan fingerprint density at radius 3 is 2.60 bits per heavy atom. The van der Waals surface area contributed by atoms with E-state index in [0.29, 0.717) is 11.0 Å². The average Bonchev–Trinajstić information content (AvgIpc) is 3.19. The van der Waals surface area contributed by atoms with Crippen LogP contribution in [-0.2, 0) is 11.3 Å². The molecule has 5 nitrogen and oxygen atoms in total. The van der Waals surface area contributed by atoms with Crippen molar-refractivity contribution in [2.45, 2.75) is 26.4 Å². The van der Waals surface area contributed by atoms with Crippen molar-refractivity contribution in [3.63, 3.8) is 0 Å². The van der Waals surface area contributed by atoms with Crippen LogP contribution in [0, 0.1) is 5.92 Å². The van der Waals surface area contributed by atoms with E-state index in [9.17, 15) is 9.90 Å². The fourth-order valence-electron chi connectivity index (χ4n) is 2.99. The van der Waals surface area contributed by atoms with Gasteiger partial charge in [-0.3, -0.25) is 0 Å². The Morgan fingerprint density at radius 1 is 1.28 bits per heavy atom. The third kappa shape index (κ3) is 4.31. The van der Waals surface area contributed by atoms with Crippen LogP contribution in [0.25, 0.3) is 11.0 Å². The number of nitrogens with zero attached hydrogens (tertiary/aromatic N) is 1. The normalized spacial score (nSPS) is 17.1. The largest absolute Gasteiger partial charge is 0.506 e. The standard InChI is InChI=1S/C14H11NO3.C6H13N/c16-13-8-11-6-7-12(13)15(11)14(17)18-9-10-4-2-1-3-5-10;1-6-3-2-4-7-5-6/h1-8,16H,9H2;6-7H,2-5H2,1H3. The monoisotopic (exact) mass is 340 g/mol. The summed E-state index contributed by atoms with van der Waals surface area (Å²) >= 11 is 0. The van der Waals surface area contributed by atoms with Gasteiger partial charge in [-0.2, -0.15) is 0 Å². The van der Waals surface area contributed by atoms with Crippen LogP contribution in [0.5, 0.6) is 5.75 Å². The van der Waals surface area contributed by atoms with Gasteiger partial charge in [-0.1, -0.05) is 37.3 Å². The van der Waals surface area contributed by atoms with Crippen LogP contribution in [0.1, 0.15) is 25.3 Å². The highest BCUT2D eigenvalue weighted by Crippen LogP contribution is 2.28. The molecule has 1 atom stereocenters. The van der Waals surface area contributed by atoms with Crippen molar-refractivity contribution in [2.24, 2.45) is 5.92 Å². The molecule has 0 amide bonds. The number of hydrogen-bond donors (Lipinski definition) is 2. The highest BCUT2D eigenvalue weighted by atomic mass is 16.5. The maximum absolute atomic E-state index is 11.9. The number of nitrogens with one attached hydrogen (secondary N) is 1. The Labute approximate surface area is 147 Å². The zero-order valence-corrected chi connectivity index (χ0v) is 14.4. The molecule has 5 heteroatoms. The van der Waals surface area contributed by atoms with E-state index in [1.807, 2.05) is 30.3 Å². The lowest BCUT2D eigenvalue weighted by molar-refractivity contribution is 0.143. The highest BCUT2D eigenvalue weighted by molar-refractivity contribution is 5.91. The molecule has 1 fully saturated rings. The van der Waals surface area contributed by atoms with E-state index in [1.165, 1.54) is 30.5 Å². The minimum absolute atomic E-state index is 0.101. The zero-order chi connectivity index (χ0) is 17.6. The molecule has 2 bridgehead atoms. The number of phenolic OH excluding ortho intramolecular Hbond substituents is 1. The molecule has 0 radical (unpaired) electrons. The van der Waals surface area contributed by atoms with Crippen LogP contribution in [0.4, 0.5) is 4.79 Å². The molecule has 25 heavy (non-hydrogen) atoms. The fraction of sp³-hybridized carbons (Fsp3) is 0.350. The second kappa shape index (κ2) is 8.03. The first-order chi connectivity index (χ1) is 12.1. The smallest absolute Gasteiger partial charge is 0.419 e. The highest BCUT2D eigenvalue weighted by Gasteiger charge is 2.17. The molecule has 3 heterocycles. The molecule has 1 aliphatic heterocycles. The molecule has 0 saturated carbocycles. The Morgan fingerprint density at radius 2 is 2.08 bits per heavy atom. The van der Waals surface area contributed by atoms with Crippen LogP contribution >= 0.6 is 0 Å². The van der Waals surface area contributed by atoms with Crippen molar-refractivity contribution in [2.75, 3.05) is 13.1 Å². The first kappa shape index (κ1) is 17.3. The fourth-order valence-corrected chi connectivity index (χ4v) is 2.99. The summed E-state index contributed by atoms with van der Waals surface area (Å²) in [5.74, 6) is 1.03. The van der Waals surface area contributed by atoms with Crippen LogP contribution in [0.3, 0.4) is 0 Å². The quantitative estimate of drug-likeness (QED) is 0.741. The van der Waals surface area contributed by atoms with E-state index >= 15 is 0 Å². The van der Waals surface area contributed by atoms with Crippen LogP contribution in [0.15, 0.2) is 48.5 Å². The van der Waals surface area contributed by atoms with Gasteiger partial charge in [0.15, 0.2) is 0 Å². The lowest BCUT2D eigenvalue weighted by atomic mass is 10.0. The van der Waals surface area contributed by atoms with Crippen LogP contribution in [-0.4, -0.2) is 28.9 Å². The Balaban J connectivity index is 0.000000219. The lowest BCUT2D eigenvalue weighted by Gasteiger charge is -2.17. The predicted molar refractivity (Wildman–Crippen MR) is 98.1 cm³/mol. The number of aromatic nitrogens is 1. The second-order valence-corrected chi connectivity index (χ2v) is 6.50. The van der Waals surface area contributed by atoms with Gasteiger partial charge in [0, 0.05) is 6.07 Å². The minimum atomic E-state index is -0.478. The number of fused-ring (bicyclic) bond motifs is 2. The summed E-state index contributed by atoms with van der Waals surface area (Å²) in [6.07, 6.45) is 2.32. The zero-order valence-electron chi connectivity index (χ0n) is 14.4. The van der Waals surface area contributed by atoms with E-state index in [2.05, 4.69) is 12.2 Å². The first-order valence-electron chi connectivity index (χ1n) is 8.69. The third-order valence-electron chi connectivity index (χ3n) is 4.39. The summed E-state index contributed by atoms with van der Waals surface area (Å²) in [7, 11) is 0. The Hall–Kier alpha value is -2.53. The van der Waals surface area contributed by atoms with Crippen molar-refractivity contribution in [3.8, 4) is 5.75 Å². The number of piperidine rings is 1. The molecule has 2 aromatic heterocycles. The number of carbonyl (C=O) groups excluding carboxylic acids is 1. The molecule has 0 spiro atoms. The van der Waals surface area contributed by atoms with Crippen molar-refractivity contribution in [3.05, 3.63) is 54.1 Å². The van der Waals surface area contributed by atoms with Gasteiger partial charge in [0.2, 0.25) is 0 Å². The van der Waals surface area contributed by atoms with Gasteiger partial charge in [-0.25, -0.2) is 9.36 Å². The number of hydrogen-bond acceptors (Lipinski definition) is 4. The summed E-state index contributed by atoms with van der Waals surface area (Å²) in [6.45, 7) is 4.99. The van der Waals surface area contributed by atoms with E-state index in [0.717, 1.165) is 11.5 Å². The van der Waals surface area contributed by atoms with Gasteiger partial charge in [0.05, 0.1) is 11.0 Å². The maximum atomic E-state index is 11.9. The number of aromatic hydroxyl groups is 1. The SMILES string of the molecule is CC1CCCNC1.O=C(OCc1ccccc1)n1c2ccc1c(O)c2. The molecule has 1 aliphatic rings. The molecule has 1 saturated heterocycles. The number of ether oxygens (including phenoxy) is 1. The maximum Gasteiger partial charge on any atom is 0.419 e. The van der Waals surface area contributed by atoms with Gasteiger partial charge < -0.3 is 15.2 Å². The Bertz CT molecular complexity index is 791. The van der Waals surface area contributed by atoms with Gasteiger partial charge >= 0.3 is 6.09 Å². The van der Waals surface area contributed by atoms with E-state index < -0.39 is 6.09 Å². The summed E-state index contributed by atoms with van der Waals surface area (Å²) in [5, 5.41) is 12.9. The van der Waals surface area contributed by atoms with E-state index in [4.69, 9.17) is 4.74 Å². The van der Waals surface area contributed by atoms with Crippen molar-refractivity contribution in [1.82, 2.24) is 9.88 Å².